The van der Waals surface area contributed by atoms with E-state index in [1.165, 1.54) is 50.8 Å². The van der Waals surface area contributed by atoms with Gasteiger partial charge in [0.1, 0.15) is 0 Å². The third-order valence-corrected chi connectivity index (χ3v) is 8.39. The highest BCUT2D eigenvalue weighted by Crippen LogP contribution is 2.34. The fourth-order valence-electron chi connectivity index (χ4n) is 3.82. The fourth-order valence-corrected chi connectivity index (χ4v) is 6.83. The molecule has 0 fully saturated rings. The molecule has 6 rings (SSSR count). The third-order valence-electron chi connectivity index (χ3n) is 5.20. The molecule has 0 N–H and O–H groups in total. The molecule has 0 aliphatic heterocycles. The molecule has 3 heterocycles. The average Bonchev–Trinajstić information content (AvgIpc) is 3.39. The highest BCUT2D eigenvalue weighted by Gasteiger charge is 2.08. The smallest absolute Gasteiger partial charge is 0.0352 e. The van der Waals surface area contributed by atoms with Crippen LogP contribution in [0.3, 0.4) is 0 Å². The van der Waals surface area contributed by atoms with Gasteiger partial charge >= 0.3 is 0 Å². The van der Waals surface area contributed by atoms with Crippen LogP contribution in [0.1, 0.15) is 9.75 Å². The van der Waals surface area contributed by atoms with Gasteiger partial charge in [0.15, 0.2) is 0 Å². The first kappa shape index (κ1) is 15.8. The van der Waals surface area contributed by atoms with Gasteiger partial charge in [0.25, 0.3) is 0 Å². The van der Waals surface area contributed by atoms with Crippen LogP contribution in [-0.4, -0.2) is 0 Å². The summed E-state index contributed by atoms with van der Waals surface area (Å²) in [5, 5.41) is 9.00. The predicted molar refractivity (Wildman–Crippen MR) is 124 cm³/mol. The molecule has 3 heteroatoms. The molecule has 0 atom stereocenters. The Kier molecular flexibility index (Phi) is 3.61. The minimum absolute atomic E-state index is 1.12. The molecule has 0 aliphatic rings. The summed E-state index contributed by atoms with van der Waals surface area (Å²) >= 11 is 5.73. The number of aryl methyl sites for hydroxylation is 2. The first-order valence-electron chi connectivity index (χ1n) is 9.13. The van der Waals surface area contributed by atoms with Crippen LogP contribution in [0.4, 0.5) is 0 Å². The van der Waals surface area contributed by atoms with Crippen LogP contribution in [0.5, 0.6) is 0 Å². The molecule has 0 saturated carbocycles. The van der Waals surface area contributed by atoms with E-state index in [0.29, 0.717) is 0 Å². The lowest BCUT2D eigenvalue weighted by atomic mass is 10.1. The zero-order valence-corrected chi connectivity index (χ0v) is 17.0. The van der Waals surface area contributed by atoms with Crippen molar-refractivity contribution >= 4 is 75.0 Å². The van der Waals surface area contributed by atoms with Gasteiger partial charge in [-0.25, -0.2) is 0 Å². The minimum Gasteiger partial charge on any atom is -0.144 e. The van der Waals surface area contributed by atoms with Crippen molar-refractivity contribution in [1.29, 1.82) is 0 Å². The molecule has 0 saturated heterocycles. The van der Waals surface area contributed by atoms with Crippen LogP contribution >= 0.6 is 34.0 Å². The van der Waals surface area contributed by atoms with Crippen LogP contribution in [0, 0.1) is 0 Å². The molecular weight excluding hydrogens is 384 g/mol. The number of hydrogen-bond donors (Lipinski definition) is 0. The summed E-state index contributed by atoms with van der Waals surface area (Å²) in [7, 11) is 0. The van der Waals surface area contributed by atoms with Crippen molar-refractivity contribution in [1.82, 2.24) is 0 Å². The molecule has 0 bridgehead atoms. The van der Waals surface area contributed by atoms with Gasteiger partial charge in [-0.1, -0.05) is 24.3 Å². The van der Waals surface area contributed by atoms with E-state index in [2.05, 4.69) is 72.1 Å². The van der Waals surface area contributed by atoms with Gasteiger partial charge in [0.2, 0.25) is 0 Å². The second-order valence-electron chi connectivity index (χ2n) is 7.01. The second kappa shape index (κ2) is 6.16. The van der Waals surface area contributed by atoms with Crippen molar-refractivity contribution in [2.45, 2.75) is 12.8 Å². The summed E-state index contributed by atoms with van der Waals surface area (Å²) in [5.74, 6) is 0. The highest BCUT2D eigenvalue weighted by molar-refractivity contribution is 7.20. The van der Waals surface area contributed by atoms with E-state index in [0.717, 1.165) is 12.8 Å². The van der Waals surface area contributed by atoms with E-state index in [1.807, 2.05) is 34.0 Å². The van der Waals surface area contributed by atoms with Crippen LogP contribution in [0.25, 0.3) is 41.0 Å². The van der Waals surface area contributed by atoms with Gasteiger partial charge in [-0.15, -0.1) is 34.0 Å². The zero-order chi connectivity index (χ0) is 17.8. The van der Waals surface area contributed by atoms with Crippen molar-refractivity contribution in [2.24, 2.45) is 0 Å². The molecule has 3 aromatic heterocycles. The first-order valence-corrected chi connectivity index (χ1v) is 11.6. The maximum atomic E-state index is 2.39. The summed E-state index contributed by atoms with van der Waals surface area (Å²) in [6, 6.07) is 25.0. The van der Waals surface area contributed by atoms with Gasteiger partial charge in [-0.3, -0.25) is 0 Å². The summed E-state index contributed by atoms with van der Waals surface area (Å²) < 4.78 is 4.21. The molecule has 0 nitrogen and oxygen atoms in total. The van der Waals surface area contributed by atoms with E-state index in [4.69, 9.17) is 0 Å². The number of rotatable bonds is 3. The Morgan fingerprint density at radius 2 is 1.11 bits per heavy atom. The molecule has 0 aliphatic carbocycles. The quantitative estimate of drug-likeness (QED) is 0.280. The van der Waals surface area contributed by atoms with Gasteiger partial charge < -0.3 is 0 Å². The molecule has 0 spiro atoms. The summed E-state index contributed by atoms with van der Waals surface area (Å²) in [5.41, 5.74) is 0. The van der Waals surface area contributed by atoms with Crippen molar-refractivity contribution in [3.8, 4) is 0 Å². The monoisotopic (exact) mass is 400 g/mol. The standard InChI is InChI=1S/C24H16S3/c1-2-4-16-12-23-18(9-15(16)3-1)10-20(26-23)5-6-21-11-19-14-22-17(7-8-25-22)13-24(19)27-21/h1-4,7-14H,5-6H2. The molecule has 0 radical (unpaired) electrons. The molecule has 0 amide bonds. The Morgan fingerprint density at radius 1 is 0.519 bits per heavy atom. The lowest BCUT2D eigenvalue weighted by Crippen LogP contribution is -1.83. The number of benzene rings is 3. The molecule has 3 aromatic carbocycles. The topological polar surface area (TPSA) is 0 Å². The lowest BCUT2D eigenvalue weighted by molar-refractivity contribution is 1.01. The van der Waals surface area contributed by atoms with Crippen molar-refractivity contribution in [2.75, 3.05) is 0 Å². The summed E-state index contributed by atoms with van der Waals surface area (Å²) in [4.78, 5) is 2.98. The van der Waals surface area contributed by atoms with Crippen molar-refractivity contribution < 1.29 is 0 Å². The SMILES string of the molecule is c1ccc2cc3sc(CCc4cc5cc6sccc6cc5s4)cc3cc2c1. The van der Waals surface area contributed by atoms with E-state index in [-0.39, 0.29) is 0 Å². The normalized spacial score (nSPS) is 12.0. The molecular formula is C24H16S3. The number of thiophene rings is 3. The first-order chi connectivity index (χ1) is 13.3. The maximum absolute atomic E-state index is 2.39. The molecule has 27 heavy (non-hydrogen) atoms. The van der Waals surface area contributed by atoms with Gasteiger partial charge in [-0.05, 0) is 87.6 Å². The van der Waals surface area contributed by atoms with Crippen molar-refractivity contribution in [3.63, 3.8) is 0 Å². The Labute approximate surface area is 169 Å². The van der Waals surface area contributed by atoms with Crippen LogP contribution < -0.4 is 0 Å². The van der Waals surface area contributed by atoms with Gasteiger partial charge in [0, 0.05) is 23.9 Å². The summed E-state index contributed by atoms with van der Waals surface area (Å²) in [6.07, 6.45) is 2.25. The average molecular weight is 401 g/mol. The molecule has 6 aromatic rings. The maximum Gasteiger partial charge on any atom is 0.0352 e. The number of hydrogen-bond acceptors (Lipinski definition) is 3. The van der Waals surface area contributed by atoms with Crippen LogP contribution in [-0.2, 0) is 12.8 Å². The highest BCUT2D eigenvalue weighted by atomic mass is 32.1. The Bertz CT molecular complexity index is 1330. The fraction of sp³-hybridized carbons (Fsp3) is 0.0833. The summed E-state index contributed by atoms with van der Waals surface area (Å²) in [6.45, 7) is 0. The lowest BCUT2D eigenvalue weighted by Gasteiger charge is -1.96. The molecule has 0 unspecified atom stereocenters. The Balaban J connectivity index is 1.31. The van der Waals surface area contributed by atoms with Gasteiger partial charge in [-0.2, -0.15) is 0 Å². The number of fused-ring (bicyclic) bond motifs is 4. The van der Waals surface area contributed by atoms with Gasteiger partial charge in [0.05, 0.1) is 0 Å². The molecule has 130 valence electrons. The minimum atomic E-state index is 1.12. The predicted octanol–water partition coefficient (Wildman–Crippen LogP) is 8.27. The Hall–Kier alpha value is -2.20. The van der Waals surface area contributed by atoms with Crippen LogP contribution in [0.15, 0.2) is 72.1 Å². The van der Waals surface area contributed by atoms with E-state index in [1.54, 1.807) is 0 Å². The van der Waals surface area contributed by atoms with E-state index in [9.17, 15) is 0 Å². The largest absolute Gasteiger partial charge is 0.144 e. The zero-order valence-electron chi connectivity index (χ0n) is 14.6. The van der Waals surface area contributed by atoms with E-state index < -0.39 is 0 Å². The van der Waals surface area contributed by atoms with Crippen molar-refractivity contribution in [3.05, 3.63) is 81.9 Å². The van der Waals surface area contributed by atoms with Crippen LogP contribution in [0.2, 0.25) is 0 Å². The Morgan fingerprint density at radius 3 is 1.85 bits per heavy atom. The van der Waals surface area contributed by atoms with E-state index >= 15 is 0 Å². The third kappa shape index (κ3) is 2.78. The second-order valence-corrected chi connectivity index (χ2v) is 10.3.